The average molecular weight is 219 g/mol. The van der Waals surface area contributed by atoms with Crippen LogP contribution in [0.3, 0.4) is 0 Å². The molecule has 0 aliphatic heterocycles. The van der Waals surface area contributed by atoms with Crippen LogP contribution in [0.15, 0.2) is 54.6 Å². The predicted molar refractivity (Wildman–Crippen MR) is 71.1 cm³/mol. The third kappa shape index (κ3) is 2.83. The molecule has 82 valence electrons. The van der Waals surface area contributed by atoms with E-state index < -0.39 is 0 Å². The van der Waals surface area contributed by atoms with Gasteiger partial charge in [0.15, 0.2) is 0 Å². The van der Waals surface area contributed by atoms with Gasteiger partial charge in [0.25, 0.3) is 0 Å². The summed E-state index contributed by atoms with van der Waals surface area (Å²) in [5, 5.41) is 9.19. The van der Waals surface area contributed by atoms with Crippen molar-refractivity contribution in [1.29, 1.82) is 5.26 Å². The molecule has 2 aromatic rings. The Balaban J connectivity index is 2.38. The highest BCUT2D eigenvalue weighted by Gasteiger charge is 2.00. The summed E-state index contributed by atoms with van der Waals surface area (Å²) in [4.78, 5) is 0. The molecule has 0 radical (unpaired) electrons. The van der Waals surface area contributed by atoms with Crippen LogP contribution in [-0.4, -0.2) is 0 Å². The lowest BCUT2D eigenvalue weighted by molar-refractivity contribution is 1.45. The van der Waals surface area contributed by atoms with E-state index >= 15 is 0 Å². The van der Waals surface area contributed by atoms with Crippen LogP contribution in [0.25, 0.3) is 11.6 Å². The summed E-state index contributed by atoms with van der Waals surface area (Å²) < 4.78 is 0. The van der Waals surface area contributed by atoms with Gasteiger partial charge in [-0.1, -0.05) is 60.2 Å². The SMILES string of the molecule is Cc1ccc(C(C#N)=Cc2ccccc2)cc1. The molecule has 0 amide bonds. The Hall–Kier alpha value is -2.33. The monoisotopic (exact) mass is 219 g/mol. The molecule has 0 aliphatic rings. The zero-order valence-electron chi connectivity index (χ0n) is 9.72. The molecule has 1 nitrogen and oxygen atoms in total. The van der Waals surface area contributed by atoms with Crippen molar-refractivity contribution < 1.29 is 0 Å². The number of allylic oxidation sites excluding steroid dienone is 1. The molecule has 0 fully saturated rings. The molecule has 0 saturated heterocycles. The maximum atomic E-state index is 9.19. The van der Waals surface area contributed by atoms with Crippen molar-refractivity contribution in [1.82, 2.24) is 0 Å². The molecule has 1 heteroatoms. The molecule has 2 rings (SSSR count). The van der Waals surface area contributed by atoms with Gasteiger partial charge in [0, 0.05) is 0 Å². The first-order valence-electron chi connectivity index (χ1n) is 5.53. The largest absolute Gasteiger partial charge is 0.192 e. The second-order valence-electron chi connectivity index (χ2n) is 3.95. The number of hydrogen-bond donors (Lipinski definition) is 0. The zero-order chi connectivity index (χ0) is 12.1. The molecule has 0 N–H and O–H groups in total. The van der Waals surface area contributed by atoms with E-state index in [2.05, 4.69) is 6.07 Å². The van der Waals surface area contributed by atoms with Crippen LogP contribution in [0.5, 0.6) is 0 Å². The van der Waals surface area contributed by atoms with Crippen molar-refractivity contribution in [2.24, 2.45) is 0 Å². The molecule has 0 bridgehead atoms. The van der Waals surface area contributed by atoms with Gasteiger partial charge in [0.05, 0.1) is 11.6 Å². The average Bonchev–Trinajstić information content (AvgIpc) is 2.38. The highest BCUT2D eigenvalue weighted by molar-refractivity contribution is 5.89. The first-order chi connectivity index (χ1) is 8.29. The number of rotatable bonds is 2. The molecule has 0 aliphatic carbocycles. The fourth-order valence-corrected chi connectivity index (χ4v) is 1.63. The van der Waals surface area contributed by atoms with E-state index in [1.807, 2.05) is 67.6 Å². The Morgan fingerprint density at radius 2 is 1.65 bits per heavy atom. The van der Waals surface area contributed by atoms with Gasteiger partial charge in [-0.25, -0.2) is 0 Å². The molecule has 0 saturated carbocycles. The number of nitrogens with zero attached hydrogens (tertiary/aromatic N) is 1. The molecular formula is C16H13N. The standard InChI is InChI=1S/C16H13N/c1-13-7-9-15(10-8-13)16(12-17)11-14-5-3-2-4-6-14/h2-11H,1H3. The summed E-state index contributed by atoms with van der Waals surface area (Å²) in [5.74, 6) is 0. The minimum absolute atomic E-state index is 0.691. The highest BCUT2D eigenvalue weighted by atomic mass is 14.2. The number of hydrogen-bond acceptors (Lipinski definition) is 1. The van der Waals surface area contributed by atoms with E-state index in [1.165, 1.54) is 5.56 Å². The third-order valence-corrected chi connectivity index (χ3v) is 2.59. The fourth-order valence-electron chi connectivity index (χ4n) is 1.63. The van der Waals surface area contributed by atoms with Gasteiger partial charge < -0.3 is 0 Å². The summed E-state index contributed by atoms with van der Waals surface area (Å²) in [6.07, 6.45) is 1.91. The molecule has 2 aromatic carbocycles. The van der Waals surface area contributed by atoms with E-state index in [1.54, 1.807) is 0 Å². The Bertz CT molecular complexity index is 557. The van der Waals surface area contributed by atoms with Crippen molar-refractivity contribution in [3.8, 4) is 6.07 Å². The fraction of sp³-hybridized carbons (Fsp3) is 0.0625. The Morgan fingerprint density at radius 3 is 2.24 bits per heavy atom. The summed E-state index contributed by atoms with van der Waals surface area (Å²) in [7, 11) is 0. The molecule has 0 aromatic heterocycles. The van der Waals surface area contributed by atoms with E-state index in [0.717, 1.165) is 11.1 Å². The highest BCUT2D eigenvalue weighted by Crippen LogP contribution is 2.17. The van der Waals surface area contributed by atoms with Crippen LogP contribution in [-0.2, 0) is 0 Å². The normalized spacial score (nSPS) is 10.9. The third-order valence-electron chi connectivity index (χ3n) is 2.59. The van der Waals surface area contributed by atoms with Gasteiger partial charge >= 0.3 is 0 Å². The van der Waals surface area contributed by atoms with Crippen molar-refractivity contribution in [3.63, 3.8) is 0 Å². The minimum Gasteiger partial charge on any atom is -0.192 e. The van der Waals surface area contributed by atoms with Crippen molar-refractivity contribution in [2.45, 2.75) is 6.92 Å². The molecular weight excluding hydrogens is 206 g/mol. The minimum atomic E-state index is 0.691. The van der Waals surface area contributed by atoms with Gasteiger partial charge in [-0.3, -0.25) is 0 Å². The lowest BCUT2D eigenvalue weighted by Crippen LogP contribution is -1.82. The Labute approximate surface area is 102 Å². The lowest BCUT2D eigenvalue weighted by atomic mass is 10.0. The predicted octanol–water partition coefficient (Wildman–Crippen LogP) is 4.06. The van der Waals surface area contributed by atoms with E-state index in [0.29, 0.717) is 5.57 Å². The second-order valence-corrected chi connectivity index (χ2v) is 3.95. The molecule has 0 atom stereocenters. The van der Waals surface area contributed by atoms with Gasteiger partial charge in [-0.15, -0.1) is 0 Å². The number of aryl methyl sites for hydroxylation is 1. The zero-order valence-corrected chi connectivity index (χ0v) is 9.72. The summed E-state index contributed by atoms with van der Waals surface area (Å²) in [6.45, 7) is 2.04. The summed E-state index contributed by atoms with van der Waals surface area (Å²) in [6, 6.07) is 20.1. The van der Waals surface area contributed by atoms with Crippen LogP contribution in [0.1, 0.15) is 16.7 Å². The quantitative estimate of drug-likeness (QED) is 0.552. The van der Waals surface area contributed by atoms with Crippen LogP contribution in [0.2, 0.25) is 0 Å². The molecule has 17 heavy (non-hydrogen) atoms. The van der Waals surface area contributed by atoms with E-state index in [9.17, 15) is 5.26 Å². The van der Waals surface area contributed by atoms with Gasteiger partial charge in [-0.2, -0.15) is 5.26 Å². The summed E-state index contributed by atoms with van der Waals surface area (Å²) in [5.41, 5.74) is 3.90. The molecule has 0 heterocycles. The van der Waals surface area contributed by atoms with Gasteiger partial charge in [0.1, 0.15) is 0 Å². The first-order valence-corrected chi connectivity index (χ1v) is 5.53. The number of nitriles is 1. The molecule has 0 spiro atoms. The number of benzene rings is 2. The maximum Gasteiger partial charge on any atom is 0.0998 e. The topological polar surface area (TPSA) is 23.8 Å². The first kappa shape index (κ1) is 11.2. The van der Waals surface area contributed by atoms with Crippen molar-refractivity contribution in [2.75, 3.05) is 0 Å². The van der Waals surface area contributed by atoms with Crippen molar-refractivity contribution >= 4 is 11.6 Å². The van der Waals surface area contributed by atoms with Gasteiger partial charge in [-0.05, 0) is 24.1 Å². The molecule has 0 unspecified atom stereocenters. The van der Waals surface area contributed by atoms with E-state index in [4.69, 9.17) is 0 Å². The van der Waals surface area contributed by atoms with Crippen molar-refractivity contribution in [3.05, 3.63) is 71.3 Å². The summed E-state index contributed by atoms with van der Waals surface area (Å²) >= 11 is 0. The maximum absolute atomic E-state index is 9.19. The smallest absolute Gasteiger partial charge is 0.0998 e. The second kappa shape index (κ2) is 5.14. The van der Waals surface area contributed by atoms with E-state index in [-0.39, 0.29) is 0 Å². The Morgan fingerprint density at radius 1 is 1.00 bits per heavy atom. The Kier molecular flexibility index (Phi) is 3.37. The van der Waals surface area contributed by atoms with Crippen LogP contribution in [0, 0.1) is 18.3 Å². The van der Waals surface area contributed by atoms with Crippen LogP contribution < -0.4 is 0 Å². The van der Waals surface area contributed by atoms with Crippen LogP contribution >= 0.6 is 0 Å². The van der Waals surface area contributed by atoms with Crippen LogP contribution in [0.4, 0.5) is 0 Å². The van der Waals surface area contributed by atoms with Gasteiger partial charge in [0.2, 0.25) is 0 Å². The lowest BCUT2D eigenvalue weighted by Gasteiger charge is -2.00.